The maximum atomic E-state index is 6.66. The fourth-order valence-electron chi connectivity index (χ4n) is 6.88. The lowest BCUT2D eigenvalue weighted by Gasteiger charge is -2.32. The highest BCUT2D eigenvalue weighted by atomic mass is 16.7. The summed E-state index contributed by atoms with van der Waals surface area (Å²) < 4.78 is 28.8. The minimum atomic E-state index is -0.497. The van der Waals surface area contributed by atoms with Crippen LogP contribution < -0.4 is 10.9 Å². The zero-order valence-corrected chi connectivity index (χ0v) is 27.4. The van der Waals surface area contributed by atoms with Gasteiger partial charge < -0.3 is 23.2 Å². The molecule has 0 saturated carbocycles. The molecule has 2 aliphatic heterocycles. The van der Waals surface area contributed by atoms with E-state index in [2.05, 4.69) is 151 Å². The molecule has 6 aromatic rings. The quantitative estimate of drug-likeness (QED) is 0.197. The fraction of sp³-hybridized carbons (Fsp3) is 0.316. The summed E-state index contributed by atoms with van der Waals surface area (Å²) in [6.45, 7) is 16.8. The monoisotopic (exact) mass is 595 g/mol. The molecular formula is C38H39B2NO4. The van der Waals surface area contributed by atoms with E-state index < -0.39 is 36.6 Å². The summed E-state index contributed by atoms with van der Waals surface area (Å²) in [5, 5.41) is 7.07. The Morgan fingerprint density at radius 3 is 1.71 bits per heavy atom. The molecule has 0 radical (unpaired) electrons. The maximum absolute atomic E-state index is 6.66. The highest BCUT2D eigenvalue weighted by Gasteiger charge is 2.53. The summed E-state index contributed by atoms with van der Waals surface area (Å²) in [5.74, 6) is 0. The van der Waals surface area contributed by atoms with Crippen molar-refractivity contribution in [3.63, 3.8) is 0 Å². The van der Waals surface area contributed by atoms with E-state index in [-0.39, 0.29) is 0 Å². The first kappa shape index (κ1) is 28.8. The predicted molar refractivity (Wildman–Crippen MR) is 187 cm³/mol. The van der Waals surface area contributed by atoms with Crippen molar-refractivity contribution in [2.45, 2.75) is 77.8 Å². The third-order valence-electron chi connectivity index (χ3n) is 10.9. The molecule has 0 amide bonds. The summed E-state index contributed by atoms with van der Waals surface area (Å²) in [5.41, 5.74) is 3.61. The Kier molecular flexibility index (Phi) is 6.06. The van der Waals surface area contributed by atoms with Crippen LogP contribution >= 0.6 is 0 Å². The Hall–Kier alpha value is -3.61. The number of benzene rings is 5. The van der Waals surface area contributed by atoms with Gasteiger partial charge in [0.05, 0.1) is 39.1 Å². The molecule has 2 fully saturated rings. The second kappa shape index (κ2) is 9.46. The molecule has 2 saturated heterocycles. The predicted octanol–water partition coefficient (Wildman–Crippen LogP) is 7.69. The van der Waals surface area contributed by atoms with Gasteiger partial charge in [-0.3, -0.25) is 0 Å². The molecule has 0 unspecified atom stereocenters. The number of fused-ring (bicyclic) bond motifs is 6. The normalized spacial score (nSPS) is 20.3. The SMILES string of the molecule is CC1(C)OB(c2ccc3c4c5ccccc5c(B5OC(C)(C)C(C)(C)O5)cc4n(-c4cccc5ccccc45)c3c2)OC1(C)C. The topological polar surface area (TPSA) is 41.9 Å². The van der Waals surface area contributed by atoms with Crippen LogP contribution in [0.2, 0.25) is 0 Å². The molecule has 0 aliphatic carbocycles. The van der Waals surface area contributed by atoms with Crippen molar-refractivity contribution in [2.24, 2.45) is 0 Å². The molecule has 45 heavy (non-hydrogen) atoms. The van der Waals surface area contributed by atoms with Gasteiger partial charge in [0.15, 0.2) is 0 Å². The fourth-order valence-corrected chi connectivity index (χ4v) is 6.88. The van der Waals surface area contributed by atoms with Gasteiger partial charge in [0, 0.05) is 16.2 Å². The molecule has 1 aromatic heterocycles. The number of rotatable bonds is 3. The van der Waals surface area contributed by atoms with Crippen molar-refractivity contribution >= 4 is 68.5 Å². The van der Waals surface area contributed by atoms with E-state index in [4.69, 9.17) is 18.6 Å². The van der Waals surface area contributed by atoms with Gasteiger partial charge in [0.2, 0.25) is 0 Å². The molecule has 0 atom stereocenters. The van der Waals surface area contributed by atoms with Crippen LogP contribution in [0, 0.1) is 0 Å². The molecule has 226 valence electrons. The van der Waals surface area contributed by atoms with Crippen LogP contribution in [0.5, 0.6) is 0 Å². The van der Waals surface area contributed by atoms with Gasteiger partial charge in [-0.15, -0.1) is 0 Å². The van der Waals surface area contributed by atoms with Crippen molar-refractivity contribution in [2.75, 3.05) is 0 Å². The summed E-state index contributed by atoms with van der Waals surface area (Å²) in [7, 11) is -0.959. The van der Waals surface area contributed by atoms with Gasteiger partial charge in [-0.2, -0.15) is 0 Å². The molecule has 5 nitrogen and oxygen atoms in total. The second-order valence-corrected chi connectivity index (χ2v) is 14.7. The van der Waals surface area contributed by atoms with Crippen LogP contribution in [0.1, 0.15) is 55.4 Å². The summed E-state index contributed by atoms with van der Waals surface area (Å²) in [6, 6.07) is 32.7. The number of hydrogen-bond donors (Lipinski definition) is 0. The van der Waals surface area contributed by atoms with Crippen LogP contribution in [0.4, 0.5) is 0 Å². The largest absolute Gasteiger partial charge is 0.495 e. The molecule has 0 N–H and O–H groups in total. The van der Waals surface area contributed by atoms with E-state index in [1.807, 2.05) is 0 Å². The molecule has 3 heterocycles. The van der Waals surface area contributed by atoms with E-state index >= 15 is 0 Å². The van der Waals surface area contributed by atoms with Crippen LogP contribution in [0.15, 0.2) is 91.0 Å². The Balaban J connectivity index is 1.46. The number of hydrogen-bond acceptors (Lipinski definition) is 4. The van der Waals surface area contributed by atoms with Crippen LogP contribution in [0.25, 0.3) is 49.0 Å². The molecule has 0 bridgehead atoms. The van der Waals surface area contributed by atoms with E-state index in [9.17, 15) is 0 Å². The highest BCUT2D eigenvalue weighted by molar-refractivity contribution is 6.66. The Labute approximate surface area is 265 Å². The lowest BCUT2D eigenvalue weighted by Crippen LogP contribution is -2.41. The van der Waals surface area contributed by atoms with Crippen LogP contribution in [0.3, 0.4) is 0 Å². The summed E-state index contributed by atoms with van der Waals surface area (Å²) >= 11 is 0. The average Bonchev–Trinajstić information content (AvgIpc) is 3.52. The summed E-state index contributed by atoms with van der Waals surface area (Å²) in [6.07, 6.45) is 0. The van der Waals surface area contributed by atoms with Gasteiger partial charge in [0.1, 0.15) is 0 Å². The van der Waals surface area contributed by atoms with E-state index in [0.29, 0.717) is 0 Å². The maximum Gasteiger partial charge on any atom is 0.495 e. The lowest BCUT2D eigenvalue weighted by molar-refractivity contribution is 0.00578. The number of nitrogens with zero attached hydrogens (tertiary/aromatic N) is 1. The Morgan fingerprint density at radius 2 is 1.04 bits per heavy atom. The second-order valence-electron chi connectivity index (χ2n) is 14.7. The van der Waals surface area contributed by atoms with Crippen molar-refractivity contribution in [3.8, 4) is 5.69 Å². The zero-order valence-electron chi connectivity index (χ0n) is 27.4. The van der Waals surface area contributed by atoms with Crippen LogP contribution in [-0.4, -0.2) is 41.2 Å². The molecule has 7 heteroatoms. The number of aromatic nitrogens is 1. The minimum Gasteiger partial charge on any atom is -0.399 e. The van der Waals surface area contributed by atoms with E-state index in [1.165, 1.54) is 26.9 Å². The van der Waals surface area contributed by atoms with Crippen molar-refractivity contribution < 1.29 is 18.6 Å². The zero-order chi connectivity index (χ0) is 31.5. The molecule has 5 aromatic carbocycles. The van der Waals surface area contributed by atoms with Gasteiger partial charge in [-0.1, -0.05) is 72.8 Å². The molecular weight excluding hydrogens is 556 g/mol. The highest BCUT2D eigenvalue weighted by Crippen LogP contribution is 2.42. The smallest absolute Gasteiger partial charge is 0.399 e. The van der Waals surface area contributed by atoms with Crippen molar-refractivity contribution in [1.82, 2.24) is 4.57 Å². The van der Waals surface area contributed by atoms with Gasteiger partial charge in [-0.05, 0) is 101 Å². The Bertz CT molecular complexity index is 2130. The third-order valence-corrected chi connectivity index (χ3v) is 10.9. The summed E-state index contributed by atoms with van der Waals surface area (Å²) in [4.78, 5) is 0. The average molecular weight is 595 g/mol. The van der Waals surface area contributed by atoms with Gasteiger partial charge in [0.25, 0.3) is 0 Å². The van der Waals surface area contributed by atoms with Crippen molar-refractivity contribution in [1.29, 1.82) is 0 Å². The minimum absolute atomic E-state index is 0.428. The van der Waals surface area contributed by atoms with E-state index in [1.54, 1.807) is 0 Å². The molecule has 8 rings (SSSR count). The first-order valence-electron chi connectivity index (χ1n) is 16.0. The van der Waals surface area contributed by atoms with Gasteiger partial charge >= 0.3 is 14.2 Å². The molecule has 0 spiro atoms. The van der Waals surface area contributed by atoms with Gasteiger partial charge in [-0.25, -0.2) is 0 Å². The molecule has 2 aliphatic rings. The van der Waals surface area contributed by atoms with E-state index in [0.717, 1.165) is 33.0 Å². The standard InChI is InChI=1S/C38H39B2NO4/c1-35(2)36(3,4)43-39(42-35)25-20-21-29-32(22-25)41(31-19-13-15-24-14-9-10-16-26(24)31)33-23-30(27-17-11-12-18-28(27)34(29)33)40-44-37(5,6)38(7,8)45-40/h9-23H,1-8H3. The third kappa shape index (κ3) is 4.18. The van der Waals surface area contributed by atoms with Crippen LogP contribution in [-0.2, 0) is 18.6 Å². The first-order chi connectivity index (χ1) is 21.3. The lowest BCUT2D eigenvalue weighted by atomic mass is 9.75. The first-order valence-corrected chi connectivity index (χ1v) is 16.0. The Morgan fingerprint density at radius 1 is 0.489 bits per heavy atom. The van der Waals surface area contributed by atoms with Crippen molar-refractivity contribution in [3.05, 3.63) is 91.0 Å².